The number of carbonyl (C=O) groups excluding carboxylic acids is 1. The van der Waals surface area contributed by atoms with E-state index in [-0.39, 0.29) is 36.8 Å². The molecule has 0 aliphatic carbocycles. The molecule has 0 aromatic rings. The summed E-state index contributed by atoms with van der Waals surface area (Å²) in [5.74, 6) is 5.77. The van der Waals surface area contributed by atoms with Crippen molar-refractivity contribution in [2.75, 3.05) is 187 Å². The van der Waals surface area contributed by atoms with Crippen LogP contribution in [0.15, 0.2) is 160 Å². The van der Waals surface area contributed by atoms with Crippen molar-refractivity contribution in [3.63, 3.8) is 0 Å². The number of methoxy groups -OCH3 is 2. The first kappa shape index (κ1) is 118. The van der Waals surface area contributed by atoms with E-state index in [1.165, 1.54) is 20.9 Å². The van der Waals surface area contributed by atoms with Crippen molar-refractivity contribution in [3.05, 3.63) is 135 Å². The molecule has 12 rings (SSSR count). The third-order valence-corrected chi connectivity index (χ3v) is 33.0. The van der Waals surface area contributed by atoms with Crippen LogP contribution in [0.5, 0.6) is 0 Å². The summed E-state index contributed by atoms with van der Waals surface area (Å²) in [6, 6.07) is -0.364. The number of amidine groups is 5. The standard InChI is InChI=1S/C17H30N3O3P.2C16H28N3O3P.C15H26N3O4P.C15H26N3O3P.C14H26N3O4P/c1-12-18-14(19(2)3)8-10-20(12)17-16(22-4)15(21)13(23-17)9-11-24(5,6)7;1-11-17-13(18(2)3)7-9-19(11)16-15(21)14(20)12(22-16)8-10-23(4,5)6;1-11-18-13(17-2)7-9-19(11)16-15(21-3)14(20)12(22-16)8-10-23(4,5)6;1-9-17-14(16)10(8-19)7-18(9)15-13(21)12(20)11(22-15)5-6-23(2,3)4;1-10-17-12(16-2)6-8-18(10)15-14(20)13(19)11(21-15)7-9-22(3,4)5;1-16-10(15)5-7-17(14(16)20)13-12(19)11(18)9(21-13)6-8-22(2,3)4/h8,10,13,15-17,21H,1,5,9,11H2,2-4,6-7H3;7,9,12,14-16,20-21H,1,4,8,10H2,2-3,5-6H3;7,9,12,14-16,20H,1,4,8,10H2,2-3,5-6H3,(H,17,18);7,11-13,15,19-21H,1-2,5-6,8H2,3-4H3,(H2,16,17);6,8,11,13-15,19-20H,1,3,7,9H2,2,4-5H3,(H,16,17);5,7,9-13,18-19H,2,6,8,15H2,1,3-4H3/t13-,15-,16-,17?;2*12-,14-,15-,16?;11-,12-,13-,15?;11-,13-,14-,15?;9-,10?,11-,12-,13?/m111111/s1. The molecule has 6 saturated heterocycles. The number of nitrogens with one attached hydrogen (secondary N) is 2. The van der Waals surface area contributed by atoms with E-state index in [1.807, 2.05) is 78.4 Å². The van der Waals surface area contributed by atoms with Crippen LogP contribution in [0, 0.1) is 0 Å². The van der Waals surface area contributed by atoms with Crippen molar-refractivity contribution in [3.8, 4) is 0 Å². The van der Waals surface area contributed by atoms with Crippen LogP contribution in [0.4, 0.5) is 4.79 Å². The maximum absolute atomic E-state index is 12.2. The molecular formula is C93H164N18O20P6. The zero-order chi connectivity index (χ0) is 103. The summed E-state index contributed by atoms with van der Waals surface area (Å²) in [6.45, 7) is 38.0. The van der Waals surface area contributed by atoms with Crippen molar-refractivity contribution in [1.82, 2.24) is 54.7 Å². The average Bonchev–Trinajstić information content (AvgIpc) is 1.74. The van der Waals surface area contributed by atoms with Crippen LogP contribution < -0.4 is 22.1 Å². The lowest BCUT2D eigenvalue weighted by Gasteiger charge is -2.36. The molecule has 137 heavy (non-hydrogen) atoms. The molecule has 25 atom stereocenters. The molecule has 7 unspecified atom stereocenters. The Balaban J connectivity index is 0.000000224. The highest BCUT2D eigenvalue weighted by Gasteiger charge is 2.53. The van der Waals surface area contributed by atoms with Gasteiger partial charge in [-0.1, -0.05) is 32.9 Å². The van der Waals surface area contributed by atoms with E-state index in [0.29, 0.717) is 66.2 Å². The zero-order valence-electron chi connectivity index (χ0n) is 84.4. The lowest BCUT2D eigenvalue weighted by atomic mass is 10.1. The number of urea groups is 1. The molecule has 0 spiro atoms. The van der Waals surface area contributed by atoms with Crippen molar-refractivity contribution >= 4 is 114 Å². The van der Waals surface area contributed by atoms with Crippen molar-refractivity contribution in [2.24, 2.45) is 36.4 Å². The van der Waals surface area contributed by atoms with Crippen LogP contribution >= 0.6 is 41.3 Å². The van der Waals surface area contributed by atoms with Crippen molar-refractivity contribution in [2.45, 2.75) is 192 Å². The minimum absolute atomic E-state index is 0.182. The number of nitrogens with zero attached hydrogens (tertiary/aromatic N) is 14. The van der Waals surface area contributed by atoms with Gasteiger partial charge in [0.25, 0.3) is 0 Å². The van der Waals surface area contributed by atoms with Gasteiger partial charge in [-0.05, 0) is 186 Å². The van der Waals surface area contributed by atoms with E-state index in [2.05, 4.69) is 186 Å². The summed E-state index contributed by atoms with van der Waals surface area (Å²) >= 11 is 0. The predicted octanol–water partition coefficient (Wildman–Crippen LogP) is 3.05. The Labute approximate surface area is 814 Å². The Hall–Kier alpha value is -6.24. The van der Waals surface area contributed by atoms with Gasteiger partial charge in [-0.25, -0.2) is 19.8 Å². The molecule has 0 saturated carbocycles. The maximum Gasteiger partial charge on any atom is 0.327 e. The van der Waals surface area contributed by atoms with Gasteiger partial charge in [0.15, 0.2) is 37.4 Å². The fourth-order valence-electron chi connectivity index (χ4n) is 15.9. The highest BCUT2D eigenvalue weighted by Crippen LogP contribution is 2.46. The number of amides is 2. The second kappa shape index (κ2) is 50.3. The molecule has 0 radical (unpaired) electrons. The van der Waals surface area contributed by atoms with Crippen LogP contribution in [-0.4, -0.2) is 514 Å². The number of hydrogen-bond donors (Lipinski definition) is 15. The number of aliphatic hydroxyl groups is 11. The molecule has 0 aromatic heterocycles. The molecule has 17 N–H and O–H groups in total. The average molecular weight is 2040 g/mol. The Bertz CT molecular complexity index is 4850. The van der Waals surface area contributed by atoms with Gasteiger partial charge in [-0.15, -0.1) is 79.1 Å². The number of nitrogens with two attached hydrogens (primary N) is 2. The Morgan fingerprint density at radius 2 is 0.686 bits per heavy atom. The first-order valence-corrected chi connectivity index (χ1v) is 63.9. The SMILES string of the molecule is C=C1N=C(N(C)C)C=CN1C1O[C@H](CCP(=C)(C)C)[C@@H](O)[C@H]1O.C=C1N=C(N(C)C)C=CN1C1O[C@H](CCP(=C)(C)C)[C@@H](O)[C@H]1OC.C=C1N=C(N)C(CO)=CN1C1O[C@H](CCP(=C)(C)C)[C@@H](O)[C@H]1O.C=C1NC(=NC)C=CN1C1O[C@H](CCP(=C)(C)C)[C@@H](O)[C@H]1O.C=C1NC(=NC)C=CN1C1O[C@H](CCP(=C)(C)C)[C@@H](O)[C@H]1OC.C=P(C)(C)CC[C@H]1OC(N2C=CC(N)N(C)C2=O)[C@H](O)[C@@H]1O. The number of ether oxygens (including phenoxy) is 8. The molecule has 2 amide bonds. The maximum atomic E-state index is 12.2. The third kappa shape index (κ3) is 33.2. The topological polar surface area (TPSA) is 481 Å². The third-order valence-electron chi connectivity index (χ3n) is 24.2. The molecule has 12 aliphatic heterocycles. The van der Waals surface area contributed by atoms with E-state index in [0.717, 1.165) is 67.3 Å². The van der Waals surface area contributed by atoms with Crippen LogP contribution in [0.25, 0.3) is 0 Å². The Morgan fingerprint density at radius 3 is 0.978 bits per heavy atom. The second-order valence-electron chi connectivity index (χ2n) is 40.5. The minimum atomic E-state index is -1.24. The number of rotatable bonds is 27. The summed E-state index contributed by atoms with van der Waals surface area (Å²) in [7, 11) is 15.8. The van der Waals surface area contributed by atoms with Gasteiger partial charge in [-0.2, -0.15) is 0 Å². The summed E-state index contributed by atoms with van der Waals surface area (Å²) < 4.78 is 46.6. The first-order chi connectivity index (χ1) is 63.5. The lowest BCUT2D eigenvalue weighted by molar-refractivity contribution is -0.0709. The molecule has 0 aromatic carbocycles. The van der Waals surface area contributed by atoms with E-state index in [4.69, 9.17) is 49.4 Å². The summed E-state index contributed by atoms with van der Waals surface area (Å²) in [6.07, 6.45) is 37.1. The van der Waals surface area contributed by atoms with Crippen molar-refractivity contribution < 1.29 is 98.9 Å². The second-order valence-corrected chi connectivity index (χ2v) is 66.4. The smallest absolute Gasteiger partial charge is 0.327 e. The minimum Gasteiger partial charge on any atom is -0.391 e. The van der Waals surface area contributed by atoms with E-state index in [9.17, 15) is 61.0 Å². The van der Waals surface area contributed by atoms with Crippen LogP contribution in [-0.2, 0) is 37.9 Å². The quantitative estimate of drug-likeness (QED) is 0.0526. The van der Waals surface area contributed by atoms with Gasteiger partial charge in [-0.3, -0.25) is 14.9 Å². The summed E-state index contributed by atoms with van der Waals surface area (Å²) in [5.41, 5.74) is 11.9. The predicted molar refractivity (Wildman–Crippen MR) is 571 cm³/mol. The van der Waals surface area contributed by atoms with Crippen molar-refractivity contribution in [1.29, 1.82) is 0 Å². The van der Waals surface area contributed by atoms with Gasteiger partial charge < -0.3 is 155 Å². The lowest BCUT2D eigenvalue weighted by Crippen LogP contribution is -2.55. The largest absolute Gasteiger partial charge is 0.391 e. The first-order valence-electron chi connectivity index (χ1n) is 45.6. The monoisotopic (exact) mass is 2040 g/mol. The Kier molecular flexibility index (Phi) is 43.2. The molecule has 38 nitrogen and oxygen atoms in total. The van der Waals surface area contributed by atoms with Crippen LogP contribution in [0.2, 0.25) is 0 Å². The van der Waals surface area contributed by atoms with Gasteiger partial charge >= 0.3 is 6.03 Å². The number of likely N-dealkylation sites (N-methyl/N-ethyl adjacent to an activating group) is 3. The molecule has 0 bridgehead atoms. The highest BCUT2D eigenvalue weighted by atomic mass is 31.2. The fourth-order valence-corrected chi connectivity index (χ4v) is 21.6. The molecule has 44 heteroatoms. The fraction of sp³-hybridized carbons (Fsp3) is 0.634. The van der Waals surface area contributed by atoms with Crippen LogP contribution in [0.1, 0.15) is 38.5 Å². The summed E-state index contributed by atoms with van der Waals surface area (Å²) in [5, 5.41) is 119. The number of carbonyl (C=O) groups is 1. The van der Waals surface area contributed by atoms with Gasteiger partial charge in [0.05, 0.1) is 43.2 Å². The number of aliphatic imine (C=N–C) groups is 5. The molecule has 12 aliphatic rings. The molecule has 6 fully saturated rings. The molecule has 12 heterocycles. The van der Waals surface area contributed by atoms with Gasteiger partial charge in [0.1, 0.15) is 138 Å². The molecular weight excluding hydrogens is 1870 g/mol. The Morgan fingerprint density at radius 1 is 0.416 bits per heavy atom. The van der Waals surface area contributed by atoms with E-state index in [1.54, 1.807) is 75.9 Å². The van der Waals surface area contributed by atoms with Gasteiger partial charge in [0.2, 0.25) is 0 Å². The molecule has 776 valence electrons. The normalized spacial score (nSPS) is 33.0. The van der Waals surface area contributed by atoms with Gasteiger partial charge in [0, 0.05) is 106 Å². The zero-order valence-corrected chi connectivity index (χ0v) is 89.8. The summed E-state index contributed by atoms with van der Waals surface area (Å²) in [4.78, 5) is 48.2. The number of aliphatic hydroxyl groups excluding tert-OH is 11. The van der Waals surface area contributed by atoms with E-state index < -0.39 is 176 Å². The van der Waals surface area contributed by atoms with Crippen LogP contribution in [0.3, 0.4) is 0 Å². The van der Waals surface area contributed by atoms with E-state index >= 15 is 0 Å². The highest BCUT2D eigenvalue weighted by molar-refractivity contribution is 7.73. The number of hydrogen-bond acceptors (Lipinski definition) is 34.